The van der Waals surface area contributed by atoms with E-state index < -0.39 is 0 Å². The highest BCUT2D eigenvalue weighted by Crippen LogP contribution is 2.46. The van der Waals surface area contributed by atoms with Crippen LogP contribution in [0.1, 0.15) is 52.4 Å². The van der Waals surface area contributed by atoms with Crippen LogP contribution in [-0.4, -0.2) is 22.9 Å². The molecule has 0 spiro atoms. The third-order valence-corrected chi connectivity index (χ3v) is 4.73. The van der Waals surface area contributed by atoms with Gasteiger partial charge >= 0.3 is 0 Å². The van der Waals surface area contributed by atoms with Gasteiger partial charge in [0.25, 0.3) is 0 Å². The van der Waals surface area contributed by atoms with Crippen LogP contribution in [-0.2, 0) is 4.79 Å². The van der Waals surface area contributed by atoms with Gasteiger partial charge in [-0.1, -0.05) is 19.9 Å². The van der Waals surface area contributed by atoms with E-state index in [0.29, 0.717) is 17.7 Å². The Balaban J connectivity index is 2.37. The number of fused-ring (bicyclic) bond motifs is 1. The Kier molecular flexibility index (Phi) is 3.60. The molecule has 2 nitrogen and oxygen atoms in total. The second-order valence-corrected chi connectivity index (χ2v) is 5.99. The molecule has 2 rings (SSSR count). The van der Waals surface area contributed by atoms with Crippen LogP contribution >= 0.6 is 0 Å². The fourth-order valence-electron chi connectivity index (χ4n) is 4.10. The van der Waals surface area contributed by atoms with Crippen LogP contribution in [0.4, 0.5) is 0 Å². The third kappa shape index (κ3) is 2.02. The molecule has 0 aromatic heterocycles. The quantitative estimate of drug-likeness (QED) is 0.687. The van der Waals surface area contributed by atoms with Crippen LogP contribution in [0, 0.1) is 11.8 Å². The van der Waals surface area contributed by atoms with Crippen LogP contribution in [0.2, 0.25) is 0 Å². The zero-order valence-electron chi connectivity index (χ0n) is 11.2. The van der Waals surface area contributed by atoms with E-state index in [2.05, 4.69) is 25.3 Å². The average molecular weight is 235 g/mol. The number of amides is 1. The highest BCUT2D eigenvalue weighted by molar-refractivity contribution is 5.78. The van der Waals surface area contributed by atoms with Gasteiger partial charge in [0.1, 0.15) is 0 Å². The molecule has 2 aliphatic rings. The molecule has 0 bridgehead atoms. The van der Waals surface area contributed by atoms with E-state index in [-0.39, 0.29) is 5.54 Å². The largest absolute Gasteiger partial charge is 0.336 e. The molecule has 0 unspecified atom stereocenters. The first-order chi connectivity index (χ1) is 8.12. The maximum absolute atomic E-state index is 12.2. The molecule has 17 heavy (non-hydrogen) atoms. The highest BCUT2D eigenvalue weighted by Gasteiger charge is 2.49. The summed E-state index contributed by atoms with van der Waals surface area (Å²) >= 11 is 0. The second-order valence-electron chi connectivity index (χ2n) is 5.99. The predicted octanol–water partition coefficient (Wildman–Crippen LogP) is 3.38. The number of hydrogen-bond acceptors (Lipinski definition) is 1. The van der Waals surface area contributed by atoms with Crippen LogP contribution in [0.25, 0.3) is 0 Å². The van der Waals surface area contributed by atoms with Gasteiger partial charge in [-0.05, 0) is 43.9 Å². The molecule has 0 aromatic rings. The molecule has 2 fully saturated rings. The van der Waals surface area contributed by atoms with Gasteiger partial charge in [0.05, 0.1) is 0 Å². The van der Waals surface area contributed by atoms with E-state index in [1.165, 1.54) is 19.3 Å². The lowest BCUT2D eigenvalue weighted by Crippen LogP contribution is -2.52. The predicted molar refractivity (Wildman–Crippen MR) is 70.7 cm³/mol. The van der Waals surface area contributed by atoms with Gasteiger partial charge in [0.15, 0.2) is 0 Å². The molecule has 2 heteroatoms. The minimum atomic E-state index is 0.101. The van der Waals surface area contributed by atoms with E-state index in [0.717, 1.165) is 25.8 Å². The maximum atomic E-state index is 12.2. The number of rotatable bonds is 3. The van der Waals surface area contributed by atoms with Gasteiger partial charge in [-0.3, -0.25) is 4.79 Å². The molecule has 0 aliphatic carbocycles. The minimum Gasteiger partial charge on any atom is -0.336 e. The zero-order valence-corrected chi connectivity index (χ0v) is 11.2. The molecular formula is C15H25NO. The van der Waals surface area contributed by atoms with Gasteiger partial charge < -0.3 is 4.90 Å². The van der Waals surface area contributed by atoms with Gasteiger partial charge in [0.2, 0.25) is 5.91 Å². The van der Waals surface area contributed by atoms with Crippen LogP contribution in [0.3, 0.4) is 0 Å². The van der Waals surface area contributed by atoms with E-state index in [9.17, 15) is 4.79 Å². The van der Waals surface area contributed by atoms with Gasteiger partial charge in [-0.25, -0.2) is 0 Å². The van der Waals surface area contributed by atoms with Crippen molar-refractivity contribution in [2.75, 3.05) is 6.54 Å². The molecule has 0 saturated carbocycles. The Morgan fingerprint density at radius 3 is 2.94 bits per heavy atom. The molecular weight excluding hydrogens is 210 g/mol. The molecule has 96 valence electrons. The second kappa shape index (κ2) is 4.83. The number of hydrogen-bond donors (Lipinski definition) is 0. The fourth-order valence-corrected chi connectivity index (χ4v) is 4.10. The first kappa shape index (κ1) is 12.7. The molecule has 1 amide bonds. The lowest BCUT2D eigenvalue weighted by Gasteiger charge is -2.44. The Morgan fingerprint density at radius 2 is 2.29 bits per heavy atom. The van der Waals surface area contributed by atoms with Crippen molar-refractivity contribution in [3.8, 4) is 0 Å². The fraction of sp³-hybridized carbons (Fsp3) is 0.800. The van der Waals surface area contributed by atoms with Crippen molar-refractivity contribution < 1.29 is 4.79 Å². The standard InChI is InChI=1S/C15H25NO/c1-4-9-15-10-6-11-16(15)14(17)8-5-7-13(15)12(2)3/h4,12-13H,1,5-11H2,2-3H3/t13-,15+/m1/s1. The summed E-state index contributed by atoms with van der Waals surface area (Å²) in [6.45, 7) is 9.50. The van der Waals surface area contributed by atoms with Crippen molar-refractivity contribution in [2.45, 2.75) is 57.9 Å². The molecule has 0 N–H and O–H groups in total. The Morgan fingerprint density at radius 1 is 1.53 bits per heavy atom. The normalized spacial score (nSPS) is 33.7. The highest BCUT2D eigenvalue weighted by atomic mass is 16.2. The van der Waals surface area contributed by atoms with E-state index >= 15 is 0 Å². The summed E-state index contributed by atoms with van der Waals surface area (Å²) in [4.78, 5) is 14.4. The zero-order chi connectivity index (χ0) is 12.5. The molecule has 2 atom stereocenters. The summed E-state index contributed by atoms with van der Waals surface area (Å²) in [6, 6.07) is 0. The van der Waals surface area contributed by atoms with E-state index in [1.54, 1.807) is 0 Å². The topological polar surface area (TPSA) is 20.3 Å². The number of carbonyl (C=O) groups excluding carboxylic acids is 1. The summed E-state index contributed by atoms with van der Waals surface area (Å²) in [5.41, 5.74) is 0.101. The van der Waals surface area contributed by atoms with Crippen LogP contribution in [0.5, 0.6) is 0 Å². The lowest BCUT2D eigenvalue weighted by atomic mass is 9.71. The summed E-state index contributed by atoms with van der Waals surface area (Å²) in [5, 5.41) is 0. The monoisotopic (exact) mass is 235 g/mol. The molecule has 2 aliphatic heterocycles. The van der Waals surface area contributed by atoms with Gasteiger partial charge in [-0.15, -0.1) is 6.58 Å². The smallest absolute Gasteiger partial charge is 0.223 e. The van der Waals surface area contributed by atoms with Crippen LogP contribution < -0.4 is 0 Å². The lowest BCUT2D eigenvalue weighted by molar-refractivity contribution is -0.136. The minimum absolute atomic E-state index is 0.101. The summed E-state index contributed by atoms with van der Waals surface area (Å²) < 4.78 is 0. The summed E-state index contributed by atoms with van der Waals surface area (Å²) in [6.07, 6.45) is 8.36. The Labute approximate surface area is 105 Å². The van der Waals surface area contributed by atoms with Crippen molar-refractivity contribution in [3.05, 3.63) is 12.7 Å². The van der Waals surface area contributed by atoms with Crippen LogP contribution in [0.15, 0.2) is 12.7 Å². The third-order valence-electron chi connectivity index (χ3n) is 4.73. The number of nitrogens with zero attached hydrogens (tertiary/aromatic N) is 1. The van der Waals surface area contributed by atoms with Crippen molar-refractivity contribution in [2.24, 2.45) is 11.8 Å². The summed E-state index contributed by atoms with van der Waals surface area (Å²) in [5.74, 6) is 1.68. The average Bonchev–Trinajstić information content (AvgIpc) is 2.63. The van der Waals surface area contributed by atoms with Crippen molar-refractivity contribution in [1.82, 2.24) is 4.90 Å². The van der Waals surface area contributed by atoms with E-state index in [1.807, 2.05) is 6.08 Å². The van der Waals surface area contributed by atoms with Crippen molar-refractivity contribution in [1.29, 1.82) is 0 Å². The molecule has 0 aromatic carbocycles. The Bertz CT molecular complexity index is 310. The Hall–Kier alpha value is -0.790. The van der Waals surface area contributed by atoms with Gasteiger partial charge in [-0.2, -0.15) is 0 Å². The van der Waals surface area contributed by atoms with Crippen molar-refractivity contribution in [3.63, 3.8) is 0 Å². The summed E-state index contributed by atoms with van der Waals surface area (Å²) in [7, 11) is 0. The molecule has 2 heterocycles. The first-order valence-corrected chi connectivity index (χ1v) is 7.03. The van der Waals surface area contributed by atoms with E-state index in [4.69, 9.17) is 0 Å². The number of carbonyl (C=O) groups is 1. The SMILES string of the molecule is C=CC[C@@]12CCCN1C(=O)CCC[C@@H]2C(C)C. The maximum Gasteiger partial charge on any atom is 0.223 e. The van der Waals surface area contributed by atoms with Gasteiger partial charge in [0, 0.05) is 18.5 Å². The molecule has 0 radical (unpaired) electrons. The first-order valence-electron chi connectivity index (χ1n) is 7.03. The molecule has 2 saturated heterocycles. The van der Waals surface area contributed by atoms with Crippen molar-refractivity contribution >= 4 is 5.91 Å².